The Balaban J connectivity index is 2.04. The van der Waals surface area contributed by atoms with E-state index >= 15 is 0 Å². The molecule has 144 valence electrons. The van der Waals surface area contributed by atoms with Gasteiger partial charge < -0.3 is 10.1 Å². The van der Waals surface area contributed by atoms with Crippen LogP contribution in [0, 0.1) is 15.9 Å². The van der Waals surface area contributed by atoms with E-state index in [1.165, 1.54) is 48.2 Å². The maximum absolute atomic E-state index is 14.2. The molecule has 1 aromatic heterocycles. The SMILES string of the molecule is COCCNC(=O)c1cc(-c2ccccc2F)nn1-c1ccc([N+](=O)[O-])cc1. The van der Waals surface area contributed by atoms with Crippen LogP contribution in [0.2, 0.25) is 0 Å². The molecule has 0 fully saturated rings. The van der Waals surface area contributed by atoms with Crippen LogP contribution in [0.15, 0.2) is 54.6 Å². The van der Waals surface area contributed by atoms with Crippen LogP contribution in [0.3, 0.4) is 0 Å². The highest BCUT2D eigenvalue weighted by Crippen LogP contribution is 2.25. The van der Waals surface area contributed by atoms with E-state index in [0.29, 0.717) is 12.3 Å². The molecule has 0 bridgehead atoms. The lowest BCUT2D eigenvalue weighted by molar-refractivity contribution is -0.384. The number of amides is 1. The van der Waals surface area contributed by atoms with E-state index in [9.17, 15) is 19.3 Å². The van der Waals surface area contributed by atoms with E-state index in [4.69, 9.17) is 4.74 Å². The van der Waals surface area contributed by atoms with Gasteiger partial charge in [0.15, 0.2) is 0 Å². The van der Waals surface area contributed by atoms with Crippen molar-refractivity contribution >= 4 is 11.6 Å². The Kier molecular flexibility index (Phi) is 5.75. The minimum Gasteiger partial charge on any atom is -0.383 e. The van der Waals surface area contributed by atoms with E-state index in [2.05, 4.69) is 10.4 Å². The number of carbonyl (C=O) groups excluding carboxylic acids is 1. The highest BCUT2D eigenvalue weighted by molar-refractivity contribution is 5.94. The zero-order valence-corrected chi connectivity index (χ0v) is 15.0. The number of ether oxygens (including phenoxy) is 1. The number of nitro benzene ring substituents is 1. The van der Waals surface area contributed by atoms with Gasteiger partial charge in [0.1, 0.15) is 11.5 Å². The Hall–Kier alpha value is -3.59. The third kappa shape index (κ3) is 4.04. The third-order valence-electron chi connectivity index (χ3n) is 3.99. The minimum atomic E-state index is -0.518. The summed E-state index contributed by atoms with van der Waals surface area (Å²) in [5, 5.41) is 17.9. The van der Waals surface area contributed by atoms with Crippen LogP contribution in [0.5, 0.6) is 0 Å². The van der Waals surface area contributed by atoms with Crippen molar-refractivity contribution in [1.82, 2.24) is 15.1 Å². The van der Waals surface area contributed by atoms with Gasteiger partial charge in [-0.1, -0.05) is 12.1 Å². The Labute approximate surface area is 159 Å². The Bertz CT molecular complexity index is 1000. The number of hydrogen-bond donors (Lipinski definition) is 1. The molecule has 8 nitrogen and oxygen atoms in total. The van der Waals surface area contributed by atoms with Crippen LogP contribution in [0.1, 0.15) is 10.5 Å². The van der Waals surface area contributed by atoms with Gasteiger partial charge in [-0.05, 0) is 30.3 Å². The number of nitrogens with one attached hydrogen (secondary N) is 1. The van der Waals surface area contributed by atoms with Crippen LogP contribution in [0.4, 0.5) is 10.1 Å². The molecular weight excluding hydrogens is 367 g/mol. The number of benzene rings is 2. The minimum absolute atomic E-state index is 0.0867. The van der Waals surface area contributed by atoms with Crippen LogP contribution in [-0.4, -0.2) is 40.9 Å². The molecule has 0 unspecified atom stereocenters. The normalized spacial score (nSPS) is 10.6. The largest absolute Gasteiger partial charge is 0.383 e. The molecular formula is C19H17FN4O4. The number of carbonyl (C=O) groups is 1. The van der Waals surface area contributed by atoms with Gasteiger partial charge in [-0.3, -0.25) is 14.9 Å². The fourth-order valence-corrected chi connectivity index (χ4v) is 2.61. The Morgan fingerprint density at radius 3 is 2.61 bits per heavy atom. The topological polar surface area (TPSA) is 99.3 Å². The van der Waals surface area contributed by atoms with Crippen LogP contribution in [-0.2, 0) is 4.74 Å². The molecule has 0 aliphatic carbocycles. The van der Waals surface area contributed by atoms with Crippen molar-refractivity contribution in [3.63, 3.8) is 0 Å². The number of rotatable bonds is 7. The van der Waals surface area contributed by atoms with Gasteiger partial charge in [0.05, 0.1) is 22.9 Å². The standard InChI is InChI=1S/C19H17FN4O4/c1-28-11-10-21-19(25)18-12-17(15-4-2-3-5-16(15)20)22-23(18)13-6-8-14(9-7-13)24(26)27/h2-9,12H,10-11H2,1H3,(H,21,25). The van der Waals surface area contributed by atoms with Gasteiger partial charge in [-0.15, -0.1) is 0 Å². The summed E-state index contributed by atoms with van der Waals surface area (Å²) < 4.78 is 20.4. The highest BCUT2D eigenvalue weighted by Gasteiger charge is 2.19. The van der Waals surface area contributed by atoms with E-state index < -0.39 is 16.6 Å². The van der Waals surface area contributed by atoms with Gasteiger partial charge in [-0.2, -0.15) is 5.10 Å². The van der Waals surface area contributed by atoms with Crippen molar-refractivity contribution in [1.29, 1.82) is 0 Å². The number of nitro groups is 1. The predicted octanol–water partition coefficient (Wildman–Crippen LogP) is 2.96. The van der Waals surface area contributed by atoms with Crippen molar-refractivity contribution < 1.29 is 18.8 Å². The molecule has 0 saturated heterocycles. The number of nitrogens with zero attached hydrogens (tertiary/aromatic N) is 3. The summed E-state index contributed by atoms with van der Waals surface area (Å²) in [4.78, 5) is 22.9. The van der Waals surface area contributed by atoms with Crippen molar-refractivity contribution in [3.05, 3.63) is 76.2 Å². The van der Waals surface area contributed by atoms with E-state index in [0.717, 1.165) is 0 Å². The first-order valence-electron chi connectivity index (χ1n) is 8.38. The van der Waals surface area contributed by atoms with E-state index in [1.807, 2.05) is 0 Å². The van der Waals surface area contributed by atoms with E-state index in [-0.39, 0.29) is 29.2 Å². The quantitative estimate of drug-likeness (QED) is 0.384. The smallest absolute Gasteiger partial charge is 0.270 e. The van der Waals surface area contributed by atoms with Crippen LogP contribution < -0.4 is 5.32 Å². The molecule has 0 saturated carbocycles. The molecule has 0 aliphatic rings. The van der Waals surface area contributed by atoms with Crippen molar-refractivity contribution in [3.8, 4) is 16.9 Å². The molecule has 28 heavy (non-hydrogen) atoms. The highest BCUT2D eigenvalue weighted by atomic mass is 19.1. The summed E-state index contributed by atoms with van der Waals surface area (Å²) in [6.07, 6.45) is 0. The lowest BCUT2D eigenvalue weighted by Gasteiger charge is -2.08. The maximum atomic E-state index is 14.2. The van der Waals surface area contributed by atoms with Gasteiger partial charge >= 0.3 is 0 Å². The van der Waals surface area contributed by atoms with Crippen molar-refractivity contribution in [2.45, 2.75) is 0 Å². The van der Waals surface area contributed by atoms with E-state index in [1.54, 1.807) is 18.2 Å². The molecule has 3 aromatic rings. The molecule has 0 radical (unpaired) electrons. The molecule has 0 aliphatic heterocycles. The number of methoxy groups -OCH3 is 1. The zero-order chi connectivity index (χ0) is 20.1. The third-order valence-corrected chi connectivity index (χ3v) is 3.99. The lowest BCUT2D eigenvalue weighted by Crippen LogP contribution is -2.28. The Morgan fingerprint density at radius 1 is 1.25 bits per heavy atom. The Morgan fingerprint density at radius 2 is 1.96 bits per heavy atom. The predicted molar refractivity (Wildman–Crippen MR) is 99.8 cm³/mol. The molecule has 0 spiro atoms. The van der Waals surface area contributed by atoms with Crippen molar-refractivity contribution in [2.75, 3.05) is 20.3 Å². The van der Waals surface area contributed by atoms with Crippen LogP contribution >= 0.6 is 0 Å². The van der Waals surface area contributed by atoms with Gasteiger partial charge in [0, 0.05) is 31.4 Å². The zero-order valence-electron chi connectivity index (χ0n) is 15.0. The molecule has 2 aromatic carbocycles. The molecule has 1 N–H and O–H groups in total. The second-order valence-corrected chi connectivity index (χ2v) is 5.83. The lowest BCUT2D eigenvalue weighted by atomic mass is 10.1. The molecule has 1 heterocycles. The van der Waals surface area contributed by atoms with Gasteiger partial charge in [-0.25, -0.2) is 9.07 Å². The van der Waals surface area contributed by atoms with Gasteiger partial charge in [0.25, 0.3) is 11.6 Å². The molecule has 9 heteroatoms. The monoisotopic (exact) mass is 384 g/mol. The fourth-order valence-electron chi connectivity index (χ4n) is 2.61. The number of aromatic nitrogens is 2. The summed E-state index contributed by atoms with van der Waals surface area (Å²) in [5.41, 5.74) is 1.03. The summed E-state index contributed by atoms with van der Waals surface area (Å²) in [5.74, 6) is -0.896. The first kappa shape index (κ1) is 19.2. The molecule has 3 rings (SSSR count). The summed E-state index contributed by atoms with van der Waals surface area (Å²) in [6, 6.07) is 13.1. The summed E-state index contributed by atoms with van der Waals surface area (Å²) in [7, 11) is 1.52. The average molecular weight is 384 g/mol. The average Bonchev–Trinajstić information content (AvgIpc) is 3.14. The number of hydrogen-bond acceptors (Lipinski definition) is 5. The summed E-state index contributed by atoms with van der Waals surface area (Å²) in [6.45, 7) is 0.618. The number of non-ortho nitro benzene ring substituents is 1. The first-order chi connectivity index (χ1) is 13.5. The number of halogens is 1. The molecule has 1 amide bonds. The summed E-state index contributed by atoms with van der Waals surface area (Å²) >= 11 is 0. The maximum Gasteiger partial charge on any atom is 0.270 e. The first-order valence-corrected chi connectivity index (χ1v) is 8.38. The second kappa shape index (κ2) is 8.40. The fraction of sp³-hybridized carbons (Fsp3) is 0.158. The van der Waals surface area contributed by atoms with Crippen molar-refractivity contribution in [2.24, 2.45) is 0 Å². The molecule has 0 atom stereocenters. The van der Waals surface area contributed by atoms with Crippen LogP contribution in [0.25, 0.3) is 16.9 Å². The second-order valence-electron chi connectivity index (χ2n) is 5.83. The van der Waals surface area contributed by atoms with Gasteiger partial charge in [0.2, 0.25) is 0 Å².